The van der Waals surface area contributed by atoms with E-state index >= 15 is 0 Å². The van der Waals surface area contributed by atoms with E-state index in [2.05, 4.69) is 20.3 Å². The van der Waals surface area contributed by atoms with Gasteiger partial charge in [0.25, 0.3) is 0 Å². The Balaban J connectivity index is 1.96. The van der Waals surface area contributed by atoms with Gasteiger partial charge >= 0.3 is 6.18 Å². The zero-order valence-electron chi connectivity index (χ0n) is 10.5. The molecule has 8 heteroatoms. The van der Waals surface area contributed by atoms with Crippen molar-refractivity contribution in [1.29, 1.82) is 0 Å². The topological polar surface area (TPSA) is 50.7 Å². The number of aromatic nitrogens is 3. The van der Waals surface area contributed by atoms with Crippen molar-refractivity contribution in [3.05, 3.63) is 42.0 Å². The third-order valence-electron chi connectivity index (χ3n) is 2.39. The number of nitrogens with zero attached hydrogens (tertiary/aromatic N) is 3. The minimum atomic E-state index is -4.36. The molecule has 2 aromatic rings. The molecule has 2 heterocycles. The summed E-state index contributed by atoms with van der Waals surface area (Å²) < 4.78 is 37.1. The monoisotopic (exact) mass is 300 g/mol. The van der Waals surface area contributed by atoms with Crippen molar-refractivity contribution in [2.24, 2.45) is 0 Å². The molecular formula is C12H11F3N4S. The molecule has 0 bridgehead atoms. The standard InChI is InChI=1S/C12H11F3N4S/c1-16-10-6-17-9(5-18-10)7-20-11-3-2-8(4-19-11)12(13,14)15/h2-6H,7H2,1H3,(H,16,18). The van der Waals surface area contributed by atoms with E-state index in [1.165, 1.54) is 17.8 Å². The number of anilines is 1. The Kier molecular flexibility index (Phi) is 4.43. The molecule has 2 rings (SSSR count). The van der Waals surface area contributed by atoms with Gasteiger partial charge in [0.2, 0.25) is 0 Å². The van der Waals surface area contributed by atoms with Crippen LogP contribution in [0.2, 0.25) is 0 Å². The smallest absolute Gasteiger partial charge is 0.372 e. The molecule has 0 aliphatic carbocycles. The summed E-state index contributed by atoms with van der Waals surface area (Å²) in [5, 5.41) is 3.36. The minimum absolute atomic E-state index is 0.495. The van der Waals surface area contributed by atoms with Crippen molar-refractivity contribution in [3.8, 4) is 0 Å². The van der Waals surface area contributed by atoms with Gasteiger partial charge in [0.05, 0.1) is 28.7 Å². The number of hydrogen-bond donors (Lipinski definition) is 1. The van der Waals surface area contributed by atoms with E-state index < -0.39 is 11.7 Å². The molecule has 0 saturated heterocycles. The van der Waals surface area contributed by atoms with Crippen LogP contribution in [0.3, 0.4) is 0 Å². The highest BCUT2D eigenvalue weighted by atomic mass is 32.2. The van der Waals surface area contributed by atoms with Crippen LogP contribution in [0.4, 0.5) is 19.0 Å². The Morgan fingerprint density at radius 3 is 2.40 bits per heavy atom. The maximum absolute atomic E-state index is 12.4. The molecule has 2 aromatic heterocycles. The minimum Gasteiger partial charge on any atom is -0.372 e. The van der Waals surface area contributed by atoms with E-state index in [0.29, 0.717) is 16.6 Å². The van der Waals surface area contributed by atoms with Crippen molar-refractivity contribution in [3.63, 3.8) is 0 Å². The van der Waals surface area contributed by atoms with Gasteiger partial charge in [0.1, 0.15) is 5.82 Å². The van der Waals surface area contributed by atoms with E-state index in [1.807, 2.05) is 0 Å². The number of pyridine rings is 1. The maximum atomic E-state index is 12.4. The summed E-state index contributed by atoms with van der Waals surface area (Å²) in [7, 11) is 1.74. The second-order valence-electron chi connectivity index (χ2n) is 3.81. The zero-order valence-corrected chi connectivity index (χ0v) is 11.3. The quantitative estimate of drug-likeness (QED) is 0.879. The summed E-state index contributed by atoms with van der Waals surface area (Å²) in [4.78, 5) is 12.0. The van der Waals surface area contributed by atoms with Crippen LogP contribution in [0.25, 0.3) is 0 Å². The summed E-state index contributed by atoms with van der Waals surface area (Å²) in [6.45, 7) is 0. The summed E-state index contributed by atoms with van der Waals surface area (Å²) in [5.74, 6) is 1.15. The Labute approximate surface area is 117 Å². The van der Waals surface area contributed by atoms with Crippen LogP contribution in [-0.2, 0) is 11.9 Å². The molecule has 1 N–H and O–H groups in total. The Bertz CT molecular complexity index is 554. The second kappa shape index (κ2) is 6.08. The molecule has 0 atom stereocenters. The lowest BCUT2D eigenvalue weighted by molar-refractivity contribution is -0.137. The molecule has 4 nitrogen and oxygen atoms in total. The Hall–Kier alpha value is -1.83. The van der Waals surface area contributed by atoms with Gasteiger partial charge < -0.3 is 5.32 Å². The SMILES string of the molecule is CNc1cnc(CSc2ccc(C(F)(F)F)cn2)cn1. The van der Waals surface area contributed by atoms with E-state index in [1.54, 1.807) is 19.4 Å². The van der Waals surface area contributed by atoms with Crippen molar-refractivity contribution < 1.29 is 13.2 Å². The summed E-state index contributed by atoms with van der Waals surface area (Å²) >= 11 is 1.30. The van der Waals surface area contributed by atoms with Crippen LogP contribution in [0.1, 0.15) is 11.3 Å². The van der Waals surface area contributed by atoms with Crippen molar-refractivity contribution in [2.75, 3.05) is 12.4 Å². The highest BCUT2D eigenvalue weighted by Gasteiger charge is 2.30. The molecular weight excluding hydrogens is 289 g/mol. The van der Waals surface area contributed by atoms with Crippen LogP contribution in [0.5, 0.6) is 0 Å². The van der Waals surface area contributed by atoms with Gasteiger partial charge in [-0.3, -0.25) is 4.98 Å². The number of nitrogens with one attached hydrogen (secondary N) is 1. The zero-order chi connectivity index (χ0) is 14.6. The normalized spacial score (nSPS) is 11.4. The summed E-state index contributed by atoms with van der Waals surface area (Å²) in [6, 6.07) is 2.37. The molecule has 0 saturated carbocycles. The van der Waals surface area contributed by atoms with Crippen LogP contribution in [-0.4, -0.2) is 22.0 Å². The largest absolute Gasteiger partial charge is 0.417 e. The fraction of sp³-hybridized carbons (Fsp3) is 0.250. The molecule has 0 aromatic carbocycles. The molecule has 20 heavy (non-hydrogen) atoms. The van der Waals surface area contributed by atoms with Crippen molar-refractivity contribution in [1.82, 2.24) is 15.0 Å². The molecule has 0 fully saturated rings. The van der Waals surface area contributed by atoms with Gasteiger partial charge in [-0.25, -0.2) is 9.97 Å². The molecule has 0 unspecified atom stereocenters. The predicted octanol–water partition coefficient (Wildman–Crippen LogP) is 3.22. The van der Waals surface area contributed by atoms with Gasteiger partial charge in [-0.05, 0) is 12.1 Å². The molecule has 0 aliphatic rings. The number of thioether (sulfide) groups is 1. The Morgan fingerprint density at radius 1 is 1.10 bits per heavy atom. The average Bonchev–Trinajstić information content (AvgIpc) is 2.45. The van der Waals surface area contributed by atoms with E-state index in [-0.39, 0.29) is 0 Å². The van der Waals surface area contributed by atoms with Gasteiger partial charge in [-0.2, -0.15) is 13.2 Å². The van der Waals surface area contributed by atoms with Gasteiger partial charge in [-0.15, -0.1) is 0 Å². The lowest BCUT2D eigenvalue weighted by Crippen LogP contribution is -2.05. The number of halogens is 3. The fourth-order valence-corrected chi connectivity index (χ4v) is 2.08. The summed E-state index contributed by atoms with van der Waals surface area (Å²) in [5.41, 5.74) is -0.0179. The first-order valence-corrected chi connectivity index (χ1v) is 6.62. The number of hydrogen-bond acceptors (Lipinski definition) is 5. The maximum Gasteiger partial charge on any atom is 0.417 e. The molecule has 0 spiro atoms. The fourth-order valence-electron chi connectivity index (χ4n) is 1.34. The van der Waals surface area contributed by atoms with E-state index in [0.717, 1.165) is 18.0 Å². The molecule has 106 valence electrons. The Morgan fingerprint density at radius 2 is 1.90 bits per heavy atom. The average molecular weight is 300 g/mol. The lowest BCUT2D eigenvalue weighted by atomic mass is 10.3. The van der Waals surface area contributed by atoms with Crippen LogP contribution in [0, 0.1) is 0 Å². The first kappa shape index (κ1) is 14.6. The first-order chi connectivity index (χ1) is 9.49. The van der Waals surface area contributed by atoms with E-state index in [4.69, 9.17) is 0 Å². The number of alkyl halides is 3. The van der Waals surface area contributed by atoms with Crippen LogP contribution >= 0.6 is 11.8 Å². The van der Waals surface area contributed by atoms with Crippen LogP contribution in [0.15, 0.2) is 35.7 Å². The van der Waals surface area contributed by atoms with Crippen molar-refractivity contribution in [2.45, 2.75) is 17.0 Å². The van der Waals surface area contributed by atoms with Crippen LogP contribution < -0.4 is 5.32 Å². The molecule has 0 amide bonds. The van der Waals surface area contributed by atoms with Gasteiger partial charge in [0.15, 0.2) is 0 Å². The first-order valence-electron chi connectivity index (χ1n) is 5.64. The van der Waals surface area contributed by atoms with Gasteiger partial charge in [-0.1, -0.05) is 11.8 Å². The molecule has 0 aliphatic heterocycles. The highest BCUT2D eigenvalue weighted by molar-refractivity contribution is 7.98. The van der Waals surface area contributed by atoms with Gasteiger partial charge in [0, 0.05) is 19.0 Å². The molecule has 0 radical (unpaired) electrons. The number of rotatable bonds is 4. The summed E-state index contributed by atoms with van der Waals surface area (Å²) in [6.07, 6.45) is -0.318. The lowest BCUT2D eigenvalue weighted by Gasteiger charge is -2.06. The van der Waals surface area contributed by atoms with E-state index in [9.17, 15) is 13.2 Å². The third-order valence-corrected chi connectivity index (χ3v) is 3.37. The predicted molar refractivity (Wildman–Crippen MR) is 70.4 cm³/mol. The van der Waals surface area contributed by atoms with Crippen molar-refractivity contribution >= 4 is 17.6 Å². The third kappa shape index (κ3) is 3.83. The highest BCUT2D eigenvalue weighted by Crippen LogP contribution is 2.29. The second-order valence-corrected chi connectivity index (χ2v) is 4.81.